The van der Waals surface area contributed by atoms with Crippen LogP contribution in [0.4, 0.5) is 5.69 Å². The number of aromatic nitrogens is 1. The molecule has 1 aromatic carbocycles. The number of nitrogens with zero attached hydrogens (tertiary/aromatic N) is 1. The van der Waals surface area contributed by atoms with E-state index in [4.69, 9.17) is 9.47 Å². The van der Waals surface area contributed by atoms with Gasteiger partial charge in [0.05, 0.1) is 12.1 Å². The summed E-state index contributed by atoms with van der Waals surface area (Å²) in [6.07, 6.45) is 0.245. The number of carbonyl (C=O) groups is 1. The molecule has 0 fully saturated rings. The standard InChI is InChI=1S/C16H12N2O3S2/c19-15(17-11-1-2-13-14(5-11)21-9-20-13)6-12-8-23-16(18-12)10-3-4-22-7-10/h1-5,7-8H,6,9H2,(H,17,19). The second kappa shape index (κ2) is 6.02. The summed E-state index contributed by atoms with van der Waals surface area (Å²) in [7, 11) is 0. The molecule has 1 amide bonds. The van der Waals surface area contributed by atoms with E-state index in [1.807, 2.05) is 16.8 Å². The first-order chi connectivity index (χ1) is 11.3. The van der Waals surface area contributed by atoms with Crippen LogP contribution in [0.2, 0.25) is 0 Å². The summed E-state index contributed by atoms with van der Waals surface area (Å²) in [6, 6.07) is 7.37. The van der Waals surface area contributed by atoms with Crippen LogP contribution in [-0.4, -0.2) is 17.7 Å². The summed E-state index contributed by atoms with van der Waals surface area (Å²) in [5.74, 6) is 1.24. The third-order valence-corrected chi connectivity index (χ3v) is 4.94. The predicted octanol–water partition coefficient (Wildman–Crippen LogP) is 3.78. The van der Waals surface area contributed by atoms with Gasteiger partial charge in [-0.15, -0.1) is 11.3 Å². The maximum Gasteiger partial charge on any atom is 0.231 e. The number of hydrogen-bond acceptors (Lipinski definition) is 6. The fourth-order valence-corrected chi connectivity index (χ4v) is 3.78. The minimum atomic E-state index is -0.106. The van der Waals surface area contributed by atoms with Crippen LogP contribution in [-0.2, 0) is 11.2 Å². The normalized spacial score (nSPS) is 12.3. The molecule has 1 N–H and O–H groups in total. The van der Waals surface area contributed by atoms with Crippen molar-refractivity contribution in [2.45, 2.75) is 6.42 Å². The molecule has 2 aromatic heterocycles. The minimum absolute atomic E-state index is 0.106. The van der Waals surface area contributed by atoms with E-state index in [1.54, 1.807) is 40.9 Å². The molecule has 0 unspecified atom stereocenters. The van der Waals surface area contributed by atoms with E-state index < -0.39 is 0 Å². The Morgan fingerprint density at radius 1 is 1.22 bits per heavy atom. The van der Waals surface area contributed by atoms with Gasteiger partial charge in [0.1, 0.15) is 5.01 Å². The summed E-state index contributed by atoms with van der Waals surface area (Å²) in [5, 5.41) is 9.79. The van der Waals surface area contributed by atoms with Crippen molar-refractivity contribution in [3.05, 3.63) is 46.1 Å². The second-order valence-corrected chi connectivity index (χ2v) is 6.59. The van der Waals surface area contributed by atoms with E-state index in [-0.39, 0.29) is 19.1 Å². The molecule has 1 aliphatic rings. The van der Waals surface area contributed by atoms with Gasteiger partial charge in [-0.25, -0.2) is 4.98 Å². The molecule has 1 aliphatic heterocycles. The first kappa shape index (κ1) is 14.2. The first-order valence-corrected chi connectivity index (χ1v) is 8.77. The van der Waals surface area contributed by atoms with Crippen LogP contribution in [0, 0.1) is 0 Å². The van der Waals surface area contributed by atoms with Crippen LogP contribution in [0.1, 0.15) is 5.69 Å². The van der Waals surface area contributed by atoms with E-state index >= 15 is 0 Å². The number of nitrogens with one attached hydrogen (secondary N) is 1. The zero-order valence-electron chi connectivity index (χ0n) is 11.9. The Morgan fingerprint density at radius 3 is 3.00 bits per heavy atom. The van der Waals surface area contributed by atoms with Crippen LogP contribution in [0.5, 0.6) is 11.5 Å². The zero-order chi connectivity index (χ0) is 15.6. The molecule has 0 aliphatic carbocycles. The monoisotopic (exact) mass is 344 g/mol. The Bertz CT molecular complexity index is 843. The van der Waals surface area contributed by atoms with E-state index in [0.29, 0.717) is 17.2 Å². The van der Waals surface area contributed by atoms with Gasteiger partial charge < -0.3 is 14.8 Å². The molecule has 0 saturated carbocycles. The van der Waals surface area contributed by atoms with Gasteiger partial charge in [-0.2, -0.15) is 11.3 Å². The maximum absolute atomic E-state index is 12.2. The summed E-state index contributed by atoms with van der Waals surface area (Å²) >= 11 is 3.19. The molecular weight excluding hydrogens is 332 g/mol. The molecule has 3 heterocycles. The number of thiazole rings is 1. The van der Waals surface area contributed by atoms with Crippen molar-refractivity contribution >= 4 is 34.3 Å². The number of carbonyl (C=O) groups excluding carboxylic acids is 1. The fraction of sp³-hybridized carbons (Fsp3) is 0.125. The van der Waals surface area contributed by atoms with Crippen LogP contribution < -0.4 is 14.8 Å². The SMILES string of the molecule is O=C(Cc1csc(-c2ccsc2)n1)Nc1ccc2c(c1)OCO2. The molecule has 0 radical (unpaired) electrons. The van der Waals surface area contributed by atoms with Gasteiger partial charge in [0, 0.05) is 28.1 Å². The third-order valence-electron chi connectivity index (χ3n) is 3.32. The van der Waals surface area contributed by atoms with E-state index in [2.05, 4.69) is 15.7 Å². The minimum Gasteiger partial charge on any atom is -0.454 e. The lowest BCUT2D eigenvalue weighted by atomic mass is 10.2. The Kier molecular flexibility index (Phi) is 3.72. The van der Waals surface area contributed by atoms with E-state index in [0.717, 1.165) is 16.3 Å². The molecule has 3 aromatic rings. The lowest BCUT2D eigenvalue weighted by Gasteiger charge is -2.05. The van der Waals surface area contributed by atoms with Crippen molar-refractivity contribution in [2.75, 3.05) is 12.1 Å². The van der Waals surface area contributed by atoms with Crippen molar-refractivity contribution in [2.24, 2.45) is 0 Å². The van der Waals surface area contributed by atoms with Crippen molar-refractivity contribution in [3.63, 3.8) is 0 Å². The number of rotatable bonds is 4. The Morgan fingerprint density at radius 2 is 2.13 bits per heavy atom. The van der Waals surface area contributed by atoms with Gasteiger partial charge in [0.15, 0.2) is 11.5 Å². The van der Waals surface area contributed by atoms with Gasteiger partial charge in [0.2, 0.25) is 12.7 Å². The van der Waals surface area contributed by atoms with Gasteiger partial charge in [-0.1, -0.05) is 0 Å². The summed E-state index contributed by atoms with van der Waals surface area (Å²) in [6.45, 7) is 0.219. The Labute approximate surface area is 140 Å². The van der Waals surface area contributed by atoms with Crippen LogP contribution >= 0.6 is 22.7 Å². The van der Waals surface area contributed by atoms with E-state index in [9.17, 15) is 4.79 Å². The average Bonchev–Trinajstić information content (AvgIpc) is 3.27. The van der Waals surface area contributed by atoms with Crippen molar-refractivity contribution < 1.29 is 14.3 Å². The highest BCUT2D eigenvalue weighted by molar-refractivity contribution is 7.14. The summed E-state index contributed by atoms with van der Waals surface area (Å²) in [4.78, 5) is 16.7. The third kappa shape index (κ3) is 3.06. The number of benzene rings is 1. The van der Waals surface area contributed by atoms with Crippen LogP contribution in [0.3, 0.4) is 0 Å². The largest absolute Gasteiger partial charge is 0.454 e. The smallest absolute Gasteiger partial charge is 0.231 e. The molecule has 116 valence electrons. The quantitative estimate of drug-likeness (QED) is 0.782. The van der Waals surface area contributed by atoms with E-state index in [1.165, 1.54) is 0 Å². The molecule has 23 heavy (non-hydrogen) atoms. The van der Waals surface area contributed by atoms with Crippen molar-refractivity contribution in [1.29, 1.82) is 0 Å². The average molecular weight is 344 g/mol. The number of ether oxygens (including phenoxy) is 2. The lowest BCUT2D eigenvalue weighted by Crippen LogP contribution is -2.14. The molecule has 0 spiro atoms. The van der Waals surface area contributed by atoms with Crippen molar-refractivity contribution in [1.82, 2.24) is 4.98 Å². The van der Waals surface area contributed by atoms with Gasteiger partial charge >= 0.3 is 0 Å². The highest BCUT2D eigenvalue weighted by atomic mass is 32.1. The second-order valence-electron chi connectivity index (χ2n) is 4.95. The number of amides is 1. The van der Waals surface area contributed by atoms with Gasteiger partial charge in [0.25, 0.3) is 0 Å². The number of anilines is 1. The molecule has 7 heteroatoms. The number of fused-ring (bicyclic) bond motifs is 1. The molecule has 0 atom stereocenters. The number of hydrogen-bond donors (Lipinski definition) is 1. The molecule has 0 saturated heterocycles. The topological polar surface area (TPSA) is 60.5 Å². The van der Waals surface area contributed by atoms with Crippen LogP contribution in [0.15, 0.2) is 40.4 Å². The van der Waals surface area contributed by atoms with Gasteiger partial charge in [-0.3, -0.25) is 4.79 Å². The van der Waals surface area contributed by atoms with Crippen LogP contribution in [0.25, 0.3) is 10.6 Å². The fourth-order valence-electron chi connectivity index (χ4n) is 2.25. The highest BCUT2D eigenvalue weighted by Gasteiger charge is 2.15. The zero-order valence-corrected chi connectivity index (χ0v) is 13.6. The Hall–Kier alpha value is -2.38. The number of thiophene rings is 1. The lowest BCUT2D eigenvalue weighted by molar-refractivity contribution is -0.115. The molecular formula is C16H12N2O3S2. The van der Waals surface area contributed by atoms with Gasteiger partial charge in [-0.05, 0) is 23.6 Å². The first-order valence-electron chi connectivity index (χ1n) is 6.94. The maximum atomic E-state index is 12.2. The summed E-state index contributed by atoms with van der Waals surface area (Å²) in [5.41, 5.74) is 2.56. The highest BCUT2D eigenvalue weighted by Crippen LogP contribution is 2.34. The Balaban J connectivity index is 1.42. The molecule has 0 bridgehead atoms. The van der Waals surface area contributed by atoms with Crippen molar-refractivity contribution in [3.8, 4) is 22.1 Å². The molecule has 4 rings (SSSR count). The predicted molar refractivity (Wildman–Crippen MR) is 90.3 cm³/mol. The molecule has 5 nitrogen and oxygen atoms in total. The summed E-state index contributed by atoms with van der Waals surface area (Å²) < 4.78 is 10.5.